The predicted molar refractivity (Wildman–Crippen MR) is 109 cm³/mol. The smallest absolute Gasteiger partial charge is 0.257 e. The van der Waals surface area contributed by atoms with Gasteiger partial charge in [-0.1, -0.05) is 37.3 Å². The molecule has 0 atom stereocenters. The van der Waals surface area contributed by atoms with E-state index in [2.05, 4.69) is 10.3 Å². The lowest BCUT2D eigenvalue weighted by atomic mass is 10.2. The van der Waals surface area contributed by atoms with Crippen molar-refractivity contribution in [3.63, 3.8) is 0 Å². The molecular formula is C19H21N3O3S2. The molecule has 0 saturated heterocycles. The number of rotatable bonds is 6. The van der Waals surface area contributed by atoms with Crippen molar-refractivity contribution in [2.75, 3.05) is 18.4 Å². The Morgan fingerprint density at radius 1 is 1.11 bits per heavy atom. The maximum Gasteiger partial charge on any atom is 0.257 e. The van der Waals surface area contributed by atoms with E-state index in [0.29, 0.717) is 23.8 Å². The van der Waals surface area contributed by atoms with Crippen LogP contribution < -0.4 is 5.32 Å². The Morgan fingerprint density at radius 2 is 1.78 bits per heavy atom. The van der Waals surface area contributed by atoms with Gasteiger partial charge in [-0.3, -0.25) is 10.1 Å². The maximum absolute atomic E-state index is 12.5. The van der Waals surface area contributed by atoms with E-state index in [1.165, 1.54) is 39.9 Å². The first kappa shape index (κ1) is 19.5. The minimum atomic E-state index is -3.53. The van der Waals surface area contributed by atoms with Crippen LogP contribution in [-0.4, -0.2) is 36.7 Å². The number of aryl methyl sites for hydroxylation is 1. The Kier molecular flexibility index (Phi) is 5.59. The molecule has 0 aliphatic carbocycles. The van der Waals surface area contributed by atoms with Crippen LogP contribution in [0.15, 0.2) is 47.4 Å². The number of nitrogens with one attached hydrogen (secondary N) is 1. The third-order valence-corrected chi connectivity index (χ3v) is 7.30. The maximum atomic E-state index is 12.5. The first-order valence-electron chi connectivity index (χ1n) is 8.64. The zero-order valence-electron chi connectivity index (χ0n) is 15.4. The molecule has 6 nitrogen and oxygen atoms in total. The number of fused-ring (bicyclic) bond motifs is 1. The van der Waals surface area contributed by atoms with Crippen molar-refractivity contribution in [3.05, 3.63) is 53.6 Å². The Bertz CT molecular complexity index is 1070. The summed E-state index contributed by atoms with van der Waals surface area (Å²) in [5.74, 6) is -0.321. The van der Waals surface area contributed by atoms with Crippen LogP contribution in [0.1, 0.15) is 29.8 Å². The molecule has 3 aromatic rings. The van der Waals surface area contributed by atoms with Crippen molar-refractivity contribution in [1.82, 2.24) is 9.29 Å². The number of anilines is 1. The van der Waals surface area contributed by atoms with Gasteiger partial charge in [0.1, 0.15) is 0 Å². The average molecular weight is 404 g/mol. The number of aromatic nitrogens is 1. The molecular weight excluding hydrogens is 382 g/mol. The fraction of sp³-hybridized carbons (Fsp3) is 0.263. The van der Waals surface area contributed by atoms with E-state index in [0.717, 1.165) is 15.8 Å². The summed E-state index contributed by atoms with van der Waals surface area (Å²) in [5.41, 5.74) is 2.30. The number of thiazole rings is 1. The molecule has 0 aliphatic heterocycles. The van der Waals surface area contributed by atoms with Gasteiger partial charge in [0.05, 0.1) is 15.1 Å². The predicted octanol–water partition coefficient (Wildman–Crippen LogP) is 3.89. The molecule has 0 bridgehead atoms. The normalized spacial score (nSPS) is 11.9. The number of hydrogen-bond acceptors (Lipinski definition) is 5. The van der Waals surface area contributed by atoms with Crippen molar-refractivity contribution in [2.45, 2.75) is 25.7 Å². The van der Waals surface area contributed by atoms with E-state index in [9.17, 15) is 13.2 Å². The van der Waals surface area contributed by atoms with E-state index in [-0.39, 0.29) is 10.8 Å². The SMILES string of the molecule is CCN(CC)S(=O)(=O)c1ccc(C(=O)Nc2nc3c(C)cccc3s2)cc1. The highest BCUT2D eigenvalue weighted by atomic mass is 32.2. The molecule has 0 spiro atoms. The fourth-order valence-corrected chi connectivity index (χ4v) is 5.20. The number of carbonyl (C=O) groups is 1. The number of hydrogen-bond donors (Lipinski definition) is 1. The summed E-state index contributed by atoms with van der Waals surface area (Å²) in [5, 5.41) is 3.30. The van der Waals surface area contributed by atoms with Gasteiger partial charge in [-0.15, -0.1) is 0 Å². The van der Waals surface area contributed by atoms with Gasteiger partial charge >= 0.3 is 0 Å². The molecule has 142 valence electrons. The lowest BCUT2D eigenvalue weighted by molar-refractivity contribution is 0.102. The molecule has 8 heteroatoms. The zero-order chi connectivity index (χ0) is 19.6. The van der Waals surface area contributed by atoms with E-state index in [1.54, 1.807) is 13.8 Å². The van der Waals surface area contributed by atoms with Crippen LogP contribution in [0.25, 0.3) is 10.2 Å². The van der Waals surface area contributed by atoms with Crippen LogP contribution in [0.3, 0.4) is 0 Å². The molecule has 0 radical (unpaired) electrons. The molecule has 0 saturated carbocycles. The van der Waals surface area contributed by atoms with Gasteiger partial charge in [-0.05, 0) is 42.8 Å². The second kappa shape index (κ2) is 7.75. The highest BCUT2D eigenvalue weighted by molar-refractivity contribution is 7.89. The number of sulfonamides is 1. The highest BCUT2D eigenvalue weighted by Crippen LogP contribution is 2.28. The minimum Gasteiger partial charge on any atom is -0.298 e. The summed E-state index contributed by atoms with van der Waals surface area (Å²) < 4.78 is 27.4. The monoisotopic (exact) mass is 403 g/mol. The van der Waals surface area contributed by atoms with E-state index >= 15 is 0 Å². The van der Waals surface area contributed by atoms with Crippen LogP contribution in [0.4, 0.5) is 5.13 Å². The van der Waals surface area contributed by atoms with Gasteiger partial charge in [0.25, 0.3) is 5.91 Å². The molecule has 1 heterocycles. The van der Waals surface area contributed by atoms with Gasteiger partial charge in [-0.2, -0.15) is 4.31 Å². The number of benzene rings is 2. The van der Waals surface area contributed by atoms with Crippen LogP contribution in [0, 0.1) is 6.92 Å². The molecule has 0 unspecified atom stereocenters. The molecule has 1 amide bonds. The summed E-state index contributed by atoms with van der Waals surface area (Å²) in [6.07, 6.45) is 0. The van der Waals surface area contributed by atoms with Crippen LogP contribution >= 0.6 is 11.3 Å². The van der Waals surface area contributed by atoms with Gasteiger partial charge in [0.15, 0.2) is 5.13 Å². The lowest BCUT2D eigenvalue weighted by Gasteiger charge is -2.18. The van der Waals surface area contributed by atoms with Gasteiger partial charge in [-0.25, -0.2) is 13.4 Å². The van der Waals surface area contributed by atoms with Crippen molar-refractivity contribution in [1.29, 1.82) is 0 Å². The van der Waals surface area contributed by atoms with E-state index < -0.39 is 10.0 Å². The van der Waals surface area contributed by atoms with Crippen molar-refractivity contribution < 1.29 is 13.2 Å². The van der Waals surface area contributed by atoms with Crippen molar-refractivity contribution >= 4 is 42.6 Å². The molecule has 3 rings (SSSR count). The van der Waals surface area contributed by atoms with Crippen LogP contribution in [0.5, 0.6) is 0 Å². The molecule has 1 aromatic heterocycles. The Balaban J connectivity index is 1.80. The van der Waals surface area contributed by atoms with Gasteiger partial charge < -0.3 is 0 Å². The summed E-state index contributed by atoms with van der Waals surface area (Å²) in [6.45, 7) is 6.37. The number of nitrogens with zero attached hydrogens (tertiary/aromatic N) is 2. The lowest BCUT2D eigenvalue weighted by Crippen LogP contribution is -2.30. The topological polar surface area (TPSA) is 79.4 Å². The second-order valence-electron chi connectivity index (χ2n) is 6.01. The average Bonchev–Trinajstić information content (AvgIpc) is 3.06. The largest absolute Gasteiger partial charge is 0.298 e. The highest BCUT2D eigenvalue weighted by Gasteiger charge is 2.21. The zero-order valence-corrected chi connectivity index (χ0v) is 17.0. The Hall–Kier alpha value is -2.29. The molecule has 1 N–H and O–H groups in total. The van der Waals surface area contributed by atoms with Crippen molar-refractivity contribution in [2.24, 2.45) is 0 Å². The summed E-state index contributed by atoms with van der Waals surface area (Å²) in [7, 11) is -3.53. The van der Waals surface area contributed by atoms with Crippen LogP contribution in [-0.2, 0) is 10.0 Å². The Labute approximate surface area is 162 Å². The first-order chi connectivity index (χ1) is 12.9. The van der Waals surface area contributed by atoms with Gasteiger partial charge in [0.2, 0.25) is 10.0 Å². The molecule has 0 aliphatic rings. The summed E-state index contributed by atoms with van der Waals surface area (Å²) in [4.78, 5) is 17.1. The van der Waals surface area contributed by atoms with Crippen molar-refractivity contribution in [3.8, 4) is 0 Å². The number of amides is 1. The fourth-order valence-electron chi connectivity index (χ4n) is 2.80. The quantitative estimate of drug-likeness (QED) is 0.677. The molecule has 2 aromatic carbocycles. The molecule has 0 fully saturated rings. The molecule has 27 heavy (non-hydrogen) atoms. The number of carbonyl (C=O) groups excluding carboxylic acids is 1. The second-order valence-corrected chi connectivity index (χ2v) is 8.98. The third-order valence-electron chi connectivity index (χ3n) is 4.30. The van der Waals surface area contributed by atoms with Gasteiger partial charge in [0, 0.05) is 18.7 Å². The van der Waals surface area contributed by atoms with E-state index in [4.69, 9.17) is 0 Å². The standard InChI is InChI=1S/C19H21N3O3S2/c1-4-22(5-2)27(24,25)15-11-9-14(10-12-15)18(23)21-19-20-17-13(3)7-6-8-16(17)26-19/h6-12H,4-5H2,1-3H3,(H,20,21,23). The Morgan fingerprint density at radius 3 is 2.37 bits per heavy atom. The van der Waals surface area contributed by atoms with Crippen LogP contribution in [0.2, 0.25) is 0 Å². The third kappa shape index (κ3) is 3.87. The minimum absolute atomic E-state index is 0.179. The van der Waals surface area contributed by atoms with E-state index in [1.807, 2.05) is 25.1 Å². The first-order valence-corrected chi connectivity index (χ1v) is 10.9. The summed E-state index contributed by atoms with van der Waals surface area (Å²) >= 11 is 1.41. The summed E-state index contributed by atoms with van der Waals surface area (Å²) in [6, 6.07) is 11.9. The number of para-hydroxylation sites is 1.